The number of phenols is 1. The van der Waals surface area contributed by atoms with E-state index in [0.717, 1.165) is 31.4 Å². The number of likely N-dealkylation sites (N-methyl/N-ethyl adjacent to an activating group) is 1. The Kier molecular flexibility index (Phi) is 5.44. The zero-order chi connectivity index (χ0) is 15.2. The van der Waals surface area contributed by atoms with Crippen molar-refractivity contribution in [3.8, 4) is 5.75 Å². The van der Waals surface area contributed by atoms with Crippen molar-refractivity contribution < 1.29 is 14.6 Å². The summed E-state index contributed by atoms with van der Waals surface area (Å²) in [6.07, 6.45) is 2.37. The second kappa shape index (κ2) is 7.31. The summed E-state index contributed by atoms with van der Waals surface area (Å²) in [5.41, 5.74) is 2.39. The van der Waals surface area contributed by atoms with Crippen LogP contribution in [0.25, 0.3) is 0 Å². The number of fused-ring (bicyclic) bond motifs is 1. The van der Waals surface area contributed by atoms with Crippen molar-refractivity contribution in [3.05, 3.63) is 29.3 Å². The highest BCUT2D eigenvalue weighted by Crippen LogP contribution is 2.25. The molecule has 0 saturated carbocycles. The molecule has 0 aromatic heterocycles. The first-order valence-corrected chi connectivity index (χ1v) is 7.51. The van der Waals surface area contributed by atoms with E-state index in [0.29, 0.717) is 18.9 Å². The van der Waals surface area contributed by atoms with Gasteiger partial charge in [0.2, 0.25) is 0 Å². The van der Waals surface area contributed by atoms with Crippen LogP contribution in [0.4, 0.5) is 4.79 Å². The van der Waals surface area contributed by atoms with E-state index >= 15 is 0 Å². The Labute approximate surface area is 125 Å². The molecule has 1 unspecified atom stereocenters. The number of carbonyl (C=O) groups is 1. The van der Waals surface area contributed by atoms with Crippen LogP contribution in [0, 0.1) is 0 Å². The molecule has 1 aliphatic heterocycles. The summed E-state index contributed by atoms with van der Waals surface area (Å²) in [6.45, 7) is 3.91. The first kappa shape index (κ1) is 15.6. The maximum absolute atomic E-state index is 11.6. The van der Waals surface area contributed by atoms with E-state index in [1.54, 1.807) is 6.07 Å². The lowest BCUT2D eigenvalue weighted by Crippen LogP contribution is -2.45. The van der Waals surface area contributed by atoms with Gasteiger partial charge in [-0.05, 0) is 43.1 Å². The van der Waals surface area contributed by atoms with Crippen molar-refractivity contribution in [1.29, 1.82) is 0 Å². The zero-order valence-corrected chi connectivity index (χ0v) is 12.8. The predicted molar refractivity (Wildman–Crippen MR) is 81.3 cm³/mol. The predicted octanol–water partition coefficient (Wildman–Crippen LogP) is 2.28. The van der Waals surface area contributed by atoms with Gasteiger partial charge in [-0.1, -0.05) is 19.4 Å². The fraction of sp³-hybridized carbons (Fsp3) is 0.562. The molecule has 0 radical (unpaired) electrons. The number of alkyl carbamates (subject to hydrolysis) is 1. The van der Waals surface area contributed by atoms with Crippen molar-refractivity contribution in [2.75, 3.05) is 20.2 Å². The van der Waals surface area contributed by atoms with Crippen molar-refractivity contribution in [2.45, 2.75) is 38.8 Å². The van der Waals surface area contributed by atoms with Gasteiger partial charge >= 0.3 is 6.09 Å². The third kappa shape index (κ3) is 4.36. The van der Waals surface area contributed by atoms with Crippen LogP contribution in [-0.4, -0.2) is 42.3 Å². The van der Waals surface area contributed by atoms with Crippen molar-refractivity contribution in [2.24, 2.45) is 0 Å². The minimum atomic E-state index is -0.349. The van der Waals surface area contributed by atoms with Crippen LogP contribution < -0.4 is 5.32 Å². The highest BCUT2D eigenvalue weighted by atomic mass is 16.5. The molecule has 0 bridgehead atoms. The van der Waals surface area contributed by atoms with E-state index in [1.165, 1.54) is 5.56 Å². The third-order valence-electron chi connectivity index (χ3n) is 3.90. The van der Waals surface area contributed by atoms with Crippen LogP contribution in [0.3, 0.4) is 0 Å². The summed E-state index contributed by atoms with van der Waals surface area (Å²) in [6, 6.07) is 5.72. The Hall–Kier alpha value is -1.75. The number of amides is 1. The normalized spacial score (nSPS) is 18.1. The molecule has 116 valence electrons. The molecule has 1 aliphatic rings. The number of phenolic OH excluding ortho intramolecular Hbond substituents is 1. The molecule has 2 rings (SSSR count). The van der Waals surface area contributed by atoms with Crippen LogP contribution in [0.1, 0.15) is 30.9 Å². The average molecular weight is 292 g/mol. The number of benzene rings is 1. The van der Waals surface area contributed by atoms with Crippen LogP contribution in [0.15, 0.2) is 18.2 Å². The van der Waals surface area contributed by atoms with Crippen molar-refractivity contribution in [3.63, 3.8) is 0 Å². The van der Waals surface area contributed by atoms with E-state index < -0.39 is 0 Å². The Balaban J connectivity index is 1.85. The maximum atomic E-state index is 11.6. The minimum absolute atomic E-state index is 0.220. The van der Waals surface area contributed by atoms with Gasteiger partial charge in [0, 0.05) is 19.1 Å². The first-order valence-electron chi connectivity index (χ1n) is 7.51. The number of nitrogens with zero attached hydrogens (tertiary/aromatic N) is 1. The molecule has 21 heavy (non-hydrogen) atoms. The van der Waals surface area contributed by atoms with Gasteiger partial charge in [0.1, 0.15) is 5.75 Å². The van der Waals surface area contributed by atoms with Gasteiger partial charge in [0.25, 0.3) is 0 Å². The molecule has 5 nitrogen and oxygen atoms in total. The first-order chi connectivity index (χ1) is 10.1. The topological polar surface area (TPSA) is 61.8 Å². The second-order valence-electron chi connectivity index (χ2n) is 5.60. The summed E-state index contributed by atoms with van der Waals surface area (Å²) >= 11 is 0. The molecule has 0 spiro atoms. The Morgan fingerprint density at radius 3 is 3.05 bits per heavy atom. The maximum Gasteiger partial charge on any atom is 0.407 e. The summed E-state index contributed by atoms with van der Waals surface area (Å²) in [4.78, 5) is 13.8. The van der Waals surface area contributed by atoms with Crippen molar-refractivity contribution >= 4 is 6.09 Å². The molecule has 1 heterocycles. The van der Waals surface area contributed by atoms with Crippen LogP contribution >= 0.6 is 0 Å². The average Bonchev–Trinajstić information content (AvgIpc) is 2.46. The molecule has 5 heteroatoms. The van der Waals surface area contributed by atoms with E-state index in [1.807, 2.05) is 19.2 Å². The largest absolute Gasteiger partial charge is 0.508 e. The number of aromatic hydroxyl groups is 1. The van der Waals surface area contributed by atoms with E-state index in [9.17, 15) is 9.90 Å². The molecule has 1 amide bonds. The monoisotopic (exact) mass is 292 g/mol. The number of nitrogens with one attached hydrogen (secondary N) is 1. The summed E-state index contributed by atoms with van der Waals surface area (Å²) in [5, 5.41) is 12.4. The van der Waals surface area contributed by atoms with Crippen LogP contribution in [0.2, 0.25) is 0 Å². The van der Waals surface area contributed by atoms with Crippen molar-refractivity contribution in [1.82, 2.24) is 10.2 Å². The Bertz CT molecular complexity index is 490. The zero-order valence-electron chi connectivity index (χ0n) is 12.8. The quantitative estimate of drug-likeness (QED) is 0.817. The highest BCUT2D eigenvalue weighted by Gasteiger charge is 2.24. The fourth-order valence-electron chi connectivity index (χ4n) is 2.55. The van der Waals surface area contributed by atoms with Crippen LogP contribution in [0.5, 0.6) is 5.75 Å². The smallest absolute Gasteiger partial charge is 0.407 e. The van der Waals surface area contributed by atoms with Gasteiger partial charge < -0.3 is 15.2 Å². The molecule has 0 saturated heterocycles. The van der Waals surface area contributed by atoms with Crippen LogP contribution in [-0.2, 0) is 17.7 Å². The van der Waals surface area contributed by atoms with Gasteiger partial charge in [-0.2, -0.15) is 0 Å². The van der Waals surface area contributed by atoms with Gasteiger partial charge in [-0.15, -0.1) is 0 Å². The molecule has 0 aliphatic carbocycles. The van der Waals surface area contributed by atoms with Gasteiger partial charge in [0.05, 0.1) is 6.61 Å². The second-order valence-corrected chi connectivity index (χ2v) is 5.60. The number of carbonyl (C=O) groups excluding carboxylic acids is 1. The molecule has 1 aromatic carbocycles. The molecular formula is C16H24N2O3. The molecular weight excluding hydrogens is 268 g/mol. The number of rotatable bonds is 5. The van der Waals surface area contributed by atoms with Gasteiger partial charge in [-0.25, -0.2) is 4.79 Å². The Morgan fingerprint density at radius 2 is 2.29 bits per heavy atom. The lowest BCUT2D eigenvalue weighted by Gasteiger charge is -2.34. The summed E-state index contributed by atoms with van der Waals surface area (Å²) in [7, 11) is 2.05. The molecule has 0 fully saturated rings. The minimum Gasteiger partial charge on any atom is -0.508 e. The summed E-state index contributed by atoms with van der Waals surface area (Å²) < 4.78 is 5.09. The number of unbranched alkanes of at least 4 members (excludes halogenated alkanes) is 1. The Morgan fingerprint density at radius 1 is 1.48 bits per heavy atom. The van der Waals surface area contributed by atoms with Gasteiger partial charge in [-0.3, -0.25) is 4.90 Å². The molecule has 2 N–H and O–H groups in total. The fourth-order valence-corrected chi connectivity index (χ4v) is 2.55. The van der Waals surface area contributed by atoms with E-state index in [4.69, 9.17) is 4.74 Å². The van der Waals surface area contributed by atoms with E-state index in [2.05, 4.69) is 17.1 Å². The standard InChI is InChI=1S/C16H24N2O3/c1-3-4-7-21-16(20)17-10-14-8-13-9-15(19)6-5-12(13)11-18(14)2/h5-6,9,14,19H,3-4,7-8,10-11H2,1-2H3,(H,17,20). The molecule has 1 atom stereocenters. The lowest BCUT2D eigenvalue weighted by atomic mass is 9.94. The number of hydrogen-bond donors (Lipinski definition) is 2. The lowest BCUT2D eigenvalue weighted by molar-refractivity contribution is 0.137. The van der Waals surface area contributed by atoms with Gasteiger partial charge in [0.15, 0.2) is 0 Å². The highest BCUT2D eigenvalue weighted by molar-refractivity contribution is 5.67. The number of hydrogen-bond acceptors (Lipinski definition) is 4. The molecule has 1 aromatic rings. The summed E-state index contributed by atoms with van der Waals surface area (Å²) in [5.74, 6) is 0.295. The number of ether oxygens (including phenoxy) is 1. The SMILES string of the molecule is CCCCOC(=O)NCC1Cc2cc(O)ccc2CN1C. The van der Waals surface area contributed by atoms with E-state index in [-0.39, 0.29) is 12.1 Å². The third-order valence-corrected chi connectivity index (χ3v) is 3.90.